The number of aliphatic carboxylic acids is 1. The number of carbonyl (C=O) groups is 3. The van der Waals surface area contributed by atoms with Crippen molar-refractivity contribution in [3.63, 3.8) is 0 Å². The number of piperazine rings is 1. The first-order valence-corrected chi connectivity index (χ1v) is 7.80. The lowest BCUT2D eigenvalue weighted by Gasteiger charge is -2.36. The maximum atomic E-state index is 12.8. The Morgan fingerprint density at radius 1 is 1.24 bits per heavy atom. The molecule has 118 valence electrons. The van der Waals surface area contributed by atoms with Crippen LogP contribution in [0, 0.1) is 17.8 Å². The average molecular weight is 296 g/mol. The molecule has 2 aliphatic rings. The first-order chi connectivity index (χ1) is 9.99. The van der Waals surface area contributed by atoms with Gasteiger partial charge in [-0.1, -0.05) is 20.3 Å². The molecule has 2 fully saturated rings. The Morgan fingerprint density at radius 2 is 1.90 bits per heavy atom. The van der Waals surface area contributed by atoms with Crippen LogP contribution in [0.4, 0.5) is 0 Å². The molecule has 4 atom stereocenters. The monoisotopic (exact) mass is 296 g/mol. The summed E-state index contributed by atoms with van der Waals surface area (Å²) >= 11 is 0. The number of carboxylic acids is 1. The smallest absolute Gasteiger partial charge is 0.307 e. The van der Waals surface area contributed by atoms with Gasteiger partial charge in [-0.05, 0) is 25.2 Å². The lowest BCUT2D eigenvalue weighted by atomic mass is 9.93. The summed E-state index contributed by atoms with van der Waals surface area (Å²) in [6, 6.07) is -0.457. The zero-order valence-electron chi connectivity index (χ0n) is 12.7. The fourth-order valence-corrected chi connectivity index (χ4v) is 3.62. The van der Waals surface area contributed by atoms with E-state index in [1.54, 1.807) is 4.90 Å². The van der Waals surface area contributed by atoms with Crippen LogP contribution in [-0.4, -0.2) is 46.9 Å². The van der Waals surface area contributed by atoms with Crippen LogP contribution in [0.2, 0.25) is 0 Å². The number of amides is 2. The zero-order valence-corrected chi connectivity index (χ0v) is 12.7. The highest BCUT2D eigenvalue weighted by Gasteiger charge is 2.45. The molecule has 0 spiro atoms. The van der Waals surface area contributed by atoms with Gasteiger partial charge in [-0.25, -0.2) is 0 Å². The molecule has 0 bridgehead atoms. The summed E-state index contributed by atoms with van der Waals surface area (Å²) in [5.41, 5.74) is 0. The maximum Gasteiger partial charge on any atom is 0.307 e. The molecule has 0 aromatic heterocycles. The lowest BCUT2D eigenvalue weighted by molar-refractivity contribution is -0.152. The van der Waals surface area contributed by atoms with Gasteiger partial charge in [0, 0.05) is 13.1 Å². The van der Waals surface area contributed by atoms with Gasteiger partial charge in [0.05, 0.1) is 11.8 Å². The first kappa shape index (κ1) is 15.8. The molecule has 2 N–H and O–H groups in total. The van der Waals surface area contributed by atoms with Crippen LogP contribution < -0.4 is 5.32 Å². The number of carboxylic acid groups (broad SMARTS) is 1. The van der Waals surface area contributed by atoms with Crippen LogP contribution in [0.3, 0.4) is 0 Å². The molecule has 6 heteroatoms. The summed E-state index contributed by atoms with van der Waals surface area (Å²) < 4.78 is 0. The van der Waals surface area contributed by atoms with Crippen molar-refractivity contribution in [2.75, 3.05) is 13.1 Å². The summed E-state index contributed by atoms with van der Waals surface area (Å²) in [7, 11) is 0. The Kier molecular flexibility index (Phi) is 4.85. The third-order valence-corrected chi connectivity index (χ3v) is 4.87. The van der Waals surface area contributed by atoms with Crippen molar-refractivity contribution < 1.29 is 19.5 Å². The predicted octanol–water partition coefficient (Wildman–Crippen LogP) is 0.860. The van der Waals surface area contributed by atoms with Gasteiger partial charge in [-0.2, -0.15) is 0 Å². The van der Waals surface area contributed by atoms with Crippen molar-refractivity contribution in [2.45, 2.75) is 45.6 Å². The van der Waals surface area contributed by atoms with E-state index in [0.29, 0.717) is 38.3 Å². The number of rotatable bonds is 4. The molecule has 1 aliphatic carbocycles. The molecule has 1 aliphatic heterocycles. The highest BCUT2D eigenvalue weighted by Crippen LogP contribution is 2.39. The van der Waals surface area contributed by atoms with Gasteiger partial charge in [0.15, 0.2) is 0 Å². The second kappa shape index (κ2) is 6.45. The zero-order chi connectivity index (χ0) is 15.6. The van der Waals surface area contributed by atoms with Gasteiger partial charge >= 0.3 is 5.97 Å². The summed E-state index contributed by atoms with van der Waals surface area (Å²) in [5, 5.41) is 12.1. The van der Waals surface area contributed by atoms with Gasteiger partial charge in [0.1, 0.15) is 6.04 Å². The molecular weight excluding hydrogens is 272 g/mol. The normalized spacial score (nSPS) is 32.9. The molecule has 6 nitrogen and oxygen atoms in total. The minimum atomic E-state index is -0.890. The van der Waals surface area contributed by atoms with Crippen LogP contribution >= 0.6 is 0 Å². The summed E-state index contributed by atoms with van der Waals surface area (Å²) in [5.74, 6) is -1.97. The number of hydrogen-bond donors (Lipinski definition) is 2. The molecule has 2 amide bonds. The highest BCUT2D eigenvalue weighted by molar-refractivity contribution is 5.91. The fourth-order valence-electron chi connectivity index (χ4n) is 3.62. The molecular formula is C15H24N2O4. The molecule has 2 rings (SSSR count). The van der Waals surface area contributed by atoms with Gasteiger partial charge < -0.3 is 15.3 Å². The largest absolute Gasteiger partial charge is 0.481 e. The van der Waals surface area contributed by atoms with Crippen molar-refractivity contribution >= 4 is 17.8 Å². The summed E-state index contributed by atoms with van der Waals surface area (Å²) in [6.07, 6.45) is 2.64. The molecule has 1 saturated heterocycles. The van der Waals surface area contributed by atoms with Crippen molar-refractivity contribution in [3.8, 4) is 0 Å². The summed E-state index contributed by atoms with van der Waals surface area (Å²) in [6.45, 7) is 4.82. The molecule has 0 aromatic carbocycles. The van der Waals surface area contributed by atoms with E-state index in [1.165, 1.54) is 0 Å². The van der Waals surface area contributed by atoms with Crippen LogP contribution in [0.25, 0.3) is 0 Å². The quantitative estimate of drug-likeness (QED) is 0.805. The van der Waals surface area contributed by atoms with E-state index in [1.807, 2.05) is 13.8 Å². The average Bonchev–Trinajstić information content (AvgIpc) is 2.90. The van der Waals surface area contributed by atoms with Crippen LogP contribution in [0.5, 0.6) is 0 Å². The third-order valence-electron chi connectivity index (χ3n) is 4.87. The van der Waals surface area contributed by atoms with Gasteiger partial charge in [0.2, 0.25) is 11.8 Å². The molecule has 1 saturated carbocycles. The van der Waals surface area contributed by atoms with E-state index in [9.17, 15) is 19.5 Å². The van der Waals surface area contributed by atoms with E-state index in [4.69, 9.17) is 0 Å². The second-order valence-corrected chi connectivity index (χ2v) is 6.04. The number of nitrogens with one attached hydrogen (secondary N) is 1. The molecule has 4 unspecified atom stereocenters. The van der Waals surface area contributed by atoms with Crippen molar-refractivity contribution in [1.82, 2.24) is 10.2 Å². The Hall–Kier alpha value is -1.59. The van der Waals surface area contributed by atoms with Crippen LogP contribution in [-0.2, 0) is 14.4 Å². The highest BCUT2D eigenvalue weighted by atomic mass is 16.4. The lowest BCUT2D eigenvalue weighted by Crippen LogP contribution is -2.58. The molecule has 0 radical (unpaired) electrons. The van der Waals surface area contributed by atoms with Crippen molar-refractivity contribution in [2.24, 2.45) is 17.8 Å². The number of nitrogens with zero attached hydrogens (tertiary/aromatic N) is 1. The Morgan fingerprint density at radius 3 is 2.48 bits per heavy atom. The van der Waals surface area contributed by atoms with Gasteiger partial charge in [-0.15, -0.1) is 0 Å². The minimum absolute atomic E-state index is 0.131. The topological polar surface area (TPSA) is 86.7 Å². The number of carbonyl (C=O) groups excluding carboxylic acids is 2. The van der Waals surface area contributed by atoms with E-state index in [2.05, 4.69) is 5.32 Å². The van der Waals surface area contributed by atoms with Crippen molar-refractivity contribution in [3.05, 3.63) is 0 Å². The molecule has 21 heavy (non-hydrogen) atoms. The van der Waals surface area contributed by atoms with Crippen molar-refractivity contribution in [1.29, 1.82) is 0 Å². The Labute approximate surface area is 124 Å². The molecule has 0 aromatic rings. The Bertz CT molecular complexity index is 437. The minimum Gasteiger partial charge on any atom is -0.481 e. The number of hydrogen-bond acceptors (Lipinski definition) is 3. The van der Waals surface area contributed by atoms with Gasteiger partial charge in [-0.3, -0.25) is 14.4 Å². The van der Waals surface area contributed by atoms with Crippen LogP contribution in [0.15, 0.2) is 0 Å². The van der Waals surface area contributed by atoms with E-state index in [0.717, 1.165) is 6.42 Å². The third kappa shape index (κ3) is 3.04. The SMILES string of the molecule is CCC1CC(C(=O)O)C(C(=O)N2CCNC(=O)C2CC)C1. The van der Waals surface area contributed by atoms with Gasteiger partial charge in [0.25, 0.3) is 0 Å². The molecule has 1 heterocycles. The van der Waals surface area contributed by atoms with E-state index < -0.39 is 23.8 Å². The second-order valence-electron chi connectivity index (χ2n) is 6.04. The predicted molar refractivity (Wildman–Crippen MR) is 76.4 cm³/mol. The van der Waals surface area contributed by atoms with E-state index >= 15 is 0 Å². The van der Waals surface area contributed by atoms with E-state index in [-0.39, 0.29) is 11.8 Å². The standard InChI is InChI=1S/C15H24N2O4/c1-3-9-7-10(11(8-9)15(20)21)14(19)17-6-5-16-13(18)12(17)4-2/h9-12H,3-8H2,1-2H3,(H,16,18)(H,20,21). The Balaban J connectivity index is 2.17. The fraction of sp³-hybridized carbons (Fsp3) is 0.800. The summed E-state index contributed by atoms with van der Waals surface area (Å²) in [4.78, 5) is 37.7. The van der Waals surface area contributed by atoms with Crippen LogP contribution in [0.1, 0.15) is 39.5 Å². The first-order valence-electron chi connectivity index (χ1n) is 7.80. The maximum absolute atomic E-state index is 12.8.